The highest BCUT2D eigenvalue weighted by Gasteiger charge is 2.52. The number of carbonyl (C=O) groups is 3. The molecular weight excluding hydrogens is 941 g/mol. The third kappa shape index (κ3) is 11.5. The fraction of sp³-hybridized carbons (Fsp3) is 0.400. The van der Waals surface area contributed by atoms with Gasteiger partial charge in [0.25, 0.3) is 11.8 Å². The van der Waals surface area contributed by atoms with Gasteiger partial charge >= 0.3 is 13.2 Å². The topological polar surface area (TPSA) is 158 Å². The van der Waals surface area contributed by atoms with E-state index in [1.165, 1.54) is 47.3 Å². The Morgan fingerprint density at radius 3 is 1.82 bits per heavy atom. The number of nitrogens with zero attached hydrogens (tertiary/aromatic N) is 7. The summed E-state index contributed by atoms with van der Waals surface area (Å²) in [4.78, 5) is 41.8. The molecule has 0 bridgehead atoms. The van der Waals surface area contributed by atoms with Gasteiger partial charge in [0.15, 0.2) is 0 Å². The fourth-order valence-electron chi connectivity index (χ4n) is 7.47. The van der Waals surface area contributed by atoms with Crippen LogP contribution in [-0.4, -0.2) is 93.4 Å². The number of aromatic amines is 1. The maximum atomic E-state index is 13.1. The number of rotatable bonds is 6. The maximum absolute atomic E-state index is 13.1. The van der Waals surface area contributed by atoms with Gasteiger partial charge in [0, 0.05) is 42.7 Å². The third-order valence-corrected chi connectivity index (χ3v) is 13.5. The molecule has 1 N–H and O–H groups in total. The molecule has 2 unspecified atom stereocenters. The number of carbonyl (C=O) groups excluding carboxylic acids is 3. The predicted molar refractivity (Wildman–Crippen MR) is 248 cm³/mol. The zero-order chi connectivity index (χ0) is 46.7. The van der Waals surface area contributed by atoms with Gasteiger partial charge in [0.1, 0.15) is 28.6 Å². The van der Waals surface area contributed by atoms with Gasteiger partial charge in [-0.2, -0.15) is 23.6 Å². The molecule has 0 radical (unpaired) electrons. The Balaban J connectivity index is 0.000000146. The molecule has 3 aliphatic rings. The number of nitrogens with one attached hydrogen (secondary N) is 1. The van der Waals surface area contributed by atoms with Crippen LogP contribution in [0, 0.1) is 11.6 Å². The van der Waals surface area contributed by atoms with Crippen molar-refractivity contribution in [3.63, 3.8) is 0 Å². The van der Waals surface area contributed by atoms with Gasteiger partial charge in [0.2, 0.25) is 0 Å². The number of ether oxygens (including phenoxy) is 1. The molecule has 0 saturated carbocycles. The summed E-state index contributed by atoms with van der Waals surface area (Å²) in [6.07, 6.45) is 9.79. The van der Waals surface area contributed by atoms with E-state index in [2.05, 4.69) is 40.0 Å². The van der Waals surface area contributed by atoms with Gasteiger partial charge in [-0.1, -0.05) is 24.3 Å². The SMILES string of the molecule is CC(C)(C)OC(=O)n1cc(B2OC(C)(C)C(C)(C)O2)cn1.O=C(c1cc(-c2cn[nH]c2)sn1)N1CCCC1c1ccc(F)cc1.O=C(c1cc(Br)sn1)N1CCCC1c1ccc(F)cc1. The van der Waals surface area contributed by atoms with Gasteiger partial charge < -0.3 is 23.8 Å². The fourth-order valence-corrected chi connectivity index (χ4v) is 9.10. The van der Waals surface area contributed by atoms with Gasteiger partial charge in [-0.15, -0.1) is 0 Å². The van der Waals surface area contributed by atoms with E-state index in [0.717, 1.165) is 62.3 Å². The van der Waals surface area contributed by atoms with E-state index in [-0.39, 0.29) is 35.5 Å². The lowest BCUT2D eigenvalue weighted by Crippen LogP contribution is -2.41. The van der Waals surface area contributed by atoms with Crippen LogP contribution in [0.3, 0.4) is 0 Å². The third-order valence-electron chi connectivity index (χ3n) is 11.5. The lowest BCUT2D eigenvalue weighted by molar-refractivity contribution is 0.00578. The van der Waals surface area contributed by atoms with Crippen molar-refractivity contribution in [1.29, 1.82) is 0 Å². The Labute approximate surface area is 393 Å². The molecule has 3 fully saturated rings. The number of benzene rings is 2. The quantitative estimate of drug-likeness (QED) is 0.159. The first-order chi connectivity index (χ1) is 30.8. The van der Waals surface area contributed by atoms with Gasteiger partial charge in [-0.05, 0) is 161 Å². The minimum atomic E-state index is -0.562. The Hall–Kier alpha value is -5.15. The van der Waals surface area contributed by atoms with Crippen molar-refractivity contribution in [2.45, 2.75) is 103 Å². The summed E-state index contributed by atoms with van der Waals surface area (Å²) in [6, 6.07) is 16.3. The molecular formula is C45H50BBrF2N8O6S2. The summed E-state index contributed by atoms with van der Waals surface area (Å²) >= 11 is 5.87. The molecule has 2 aromatic carbocycles. The average Bonchev–Trinajstić information content (AvgIpc) is 4.10. The highest BCUT2D eigenvalue weighted by atomic mass is 79.9. The minimum Gasteiger partial charge on any atom is -0.442 e. The van der Waals surface area contributed by atoms with E-state index in [0.29, 0.717) is 23.4 Å². The summed E-state index contributed by atoms with van der Waals surface area (Å²) in [5, 5.41) is 10.7. The Morgan fingerprint density at radius 1 is 0.815 bits per heavy atom. The summed E-state index contributed by atoms with van der Waals surface area (Å²) in [7, 11) is -0.536. The first-order valence-electron chi connectivity index (χ1n) is 21.1. The van der Waals surface area contributed by atoms with Crippen LogP contribution in [0.2, 0.25) is 0 Å². The number of amides is 2. The molecule has 2 amide bonds. The number of hydrogen-bond donors (Lipinski definition) is 1. The molecule has 0 spiro atoms. The van der Waals surface area contributed by atoms with E-state index >= 15 is 0 Å². The number of likely N-dealkylation sites (tertiary alicyclic amines) is 2. The summed E-state index contributed by atoms with van der Waals surface area (Å²) in [6.45, 7) is 14.7. The molecule has 7 heterocycles. The summed E-state index contributed by atoms with van der Waals surface area (Å²) < 4.78 is 53.7. The van der Waals surface area contributed by atoms with Crippen molar-refractivity contribution in [2.75, 3.05) is 13.1 Å². The molecule has 20 heteroatoms. The first kappa shape index (κ1) is 47.8. The molecule has 342 valence electrons. The molecule has 9 rings (SSSR count). The number of halogens is 3. The average molecular weight is 992 g/mol. The van der Waals surface area contributed by atoms with Crippen LogP contribution >= 0.6 is 39.0 Å². The summed E-state index contributed by atoms with van der Waals surface area (Å²) in [5.74, 6) is -0.654. The van der Waals surface area contributed by atoms with Crippen LogP contribution in [-0.2, 0) is 14.0 Å². The van der Waals surface area contributed by atoms with Gasteiger partial charge in [-0.3, -0.25) is 14.7 Å². The Morgan fingerprint density at radius 2 is 1.34 bits per heavy atom. The molecule has 14 nitrogen and oxygen atoms in total. The Kier molecular flexibility index (Phi) is 14.5. The second kappa shape index (κ2) is 19.8. The van der Waals surface area contributed by atoms with E-state index in [9.17, 15) is 23.2 Å². The number of aromatic nitrogens is 6. The smallest absolute Gasteiger partial charge is 0.442 e. The van der Waals surface area contributed by atoms with Crippen molar-refractivity contribution in [3.05, 3.63) is 123 Å². The van der Waals surface area contributed by atoms with E-state index in [4.69, 9.17) is 14.0 Å². The minimum absolute atomic E-state index is 0.0165. The zero-order valence-electron chi connectivity index (χ0n) is 37.1. The Bertz CT molecular complexity index is 2560. The normalized spacial score (nSPS) is 18.8. The second-order valence-corrected chi connectivity index (χ2v) is 20.8. The lowest BCUT2D eigenvalue weighted by atomic mass is 9.82. The molecule has 3 saturated heterocycles. The first-order valence-corrected chi connectivity index (χ1v) is 23.5. The molecule has 65 heavy (non-hydrogen) atoms. The maximum Gasteiger partial charge on any atom is 0.498 e. The van der Waals surface area contributed by atoms with E-state index in [1.807, 2.05) is 58.3 Å². The molecule has 4 aromatic heterocycles. The van der Waals surface area contributed by atoms with Crippen LogP contribution in [0.15, 0.2) is 89.2 Å². The predicted octanol–water partition coefficient (Wildman–Crippen LogP) is 9.64. The van der Waals surface area contributed by atoms with Crippen molar-refractivity contribution in [3.8, 4) is 10.4 Å². The largest absolute Gasteiger partial charge is 0.498 e. The van der Waals surface area contributed by atoms with Gasteiger partial charge in [0.05, 0.1) is 38.1 Å². The summed E-state index contributed by atoms with van der Waals surface area (Å²) in [5.41, 5.74) is 3.06. The molecule has 0 aliphatic carbocycles. The van der Waals surface area contributed by atoms with Crippen LogP contribution in [0.1, 0.15) is 118 Å². The monoisotopic (exact) mass is 990 g/mol. The highest BCUT2D eigenvalue weighted by Crippen LogP contribution is 2.37. The molecule has 6 aromatic rings. The lowest BCUT2D eigenvalue weighted by Gasteiger charge is -2.32. The van der Waals surface area contributed by atoms with Crippen LogP contribution in [0.25, 0.3) is 10.4 Å². The van der Waals surface area contributed by atoms with Crippen molar-refractivity contribution in [2.24, 2.45) is 0 Å². The molecule has 2 atom stereocenters. The van der Waals surface area contributed by atoms with Gasteiger partial charge in [-0.25, -0.2) is 13.6 Å². The number of hydrogen-bond acceptors (Lipinski definition) is 12. The van der Waals surface area contributed by atoms with Crippen LogP contribution in [0.5, 0.6) is 0 Å². The van der Waals surface area contributed by atoms with Crippen molar-refractivity contribution < 1.29 is 37.2 Å². The van der Waals surface area contributed by atoms with Crippen molar-refractivity contribution in [1.82, 2.24) is 38.5 Å². The standard InChI is InChI=1S/C17H15FN4OS.C14H23BN2O4.C14H12BrFN2OS/c18-13-5-3-11(4-6-13)15-2-1-7-22(15)17(23)14-8-16(24-21-14)12-9-19-20-10-12;1-12(2,3)19-11(18)17-9-10(8-16-17)15-20-13(4,5)14(6,7)21-15;15-13-8-11(17-20-13)14(19)18-7-1-2-12(18)9-3-5-10(16)6-4-9/h3-6,8-10,15H,1-2,7H2,(H,19,20);8-9H,1-7H3;3-6,8,12H,1-2,7H2. The highest BCUT2D eigenvalue weighted by molar-refractivity contribution is 9.11. The van der Waals surface area contributed by atoms with E-state index in [1.54, 1.807) is 61.2 Å². The van der Waals surface area contributed by atoms with Crippen LogP contribution < -0.4 is 5.46 Å². The zero-order valence-corrected chi connectivity index (χ0v) is 40.3. The van der Waals surface area contributed by atoms with Crippen LogP contribution in [0.4, 0.5) is 13.6 Å². The number of H-pyrrole nitrogens is 1. The van der Waals surface area contributed by atoms with Crippen molar-refractivity contribution >= 4 is 69.5 Å². The van der Waals surface area contributed by atoms with E-state index < -0.39 is 30.0 Å². The second-order valence-electron chi connectivity index (χ2n) is 17.8. The molecule has 3 aliphatic heterocycles.